The molecule has 6 heteroatoms. The fraction of sp³-hybridized carbons (Fsp3) is 1.00. The third-order valence-corrected chi connectivity index (χ3v) is 6.61. The van der Waals surface area contributed by atoms with Crippen molar-refractivity contribution in [1.29, 1.82) is 0 Å². The van der Waals surface area contributed by atoms with Gasteiger partial charge in [0.05, 0.1) is 11.9 Å². The molecule has 2 fully saturated rings. The quantitative estimate of drug-likeness (QED) is 0.759. The van der Waals surface area contributed by atoms with E-state index in [0.29, 0.717) is 19.2 Å². The highest BCUT2D eigenvalue weighted by Gasteiger charge is 2.52. The normalized spacial score (nSPS) is 29.5. The van der Waals surface area contributed by atoms with Gasteiger partial charge in [-0.2, -0.15) is 4.31 Å². The van der Waals surface area contributed by atoms with Gasteiger partial charge in [-0.25, -0.2) is 8.42 Å². The maximum atomic E-state index is 11.6. The monoisotopic (exact) mass is 265 g/mol. The zero-order chi connectivity index (χ0) is 11.8. The van der Waals surface area contributed by atoms with Crippen LogP contribution < -0.4 is 0 Å². The van der Waals surface area contributed by atoms with Crippen LogP contribution in [0, 0.1) is 0 Å². The molecule has 2 saturated heterocycles. The molecule has 2 aliphatic rings. The molecule has 2 aliphatic heterocycles. The third kappa shape index (κ3) is 2.25. The predicted octanol–water partition coefficient (Wildman–Crippen LogP) is 0.932. The van der Waals surface area contributed by atoms with Crippen LogP contribution in [0.15, 0.2) is 0 Å². The van der Waals surface area contributed by atoms with Crippen LogP contribution in [0.2, 0.25) is 0 Å². The van der Waals surface area contributed by atoms with Gasteiger partial charge < -0.3 is 4.74 Å². The van der Waals surface area contributed by atoms with Crippen molar-refractivity contribution in [3.8, 4) is 0 Å². The minimum Gasteiger partial charge on any atom is -0.378 e. The van der Waals surface area contributed by atoms with Crippen LogP contribution in [-0.4, -0.2) is 54.8 Å². The molecule has 1 atom stereocenters. The van der Waals surface area contributed by atoms with E-state index in [1.165, 1.54) is 0 Å². The van der Waals surface area contributed by atoms with E-state index in [-0.39, 0.29) is 10.5 Å². The van der Waals surface area contributed by atoms with Crippen molar-refractivity contribution < 1.29 is 13.2 Å². The summed E-state index contributed by atoms with van der Waals surface area (Å²) in [6.07, 6.45) is 1.32. The van der Waals surface area contributed by atoms with Gasteiger partial charge in [0.15, 0.2) is 0 Å². The maximum absolute atomic E-state index is 11.6. The van der Waals surface area contributed by atoms with Crippen molar-refractivity contribution >= 4 is 21.8 Å². The van der Waals surface area contributed by atoms with E-state index >= 15 is 0 Å². The van der Waals surface area contributed by atoms with Crippen LogP contribution in [0.4, 0.5) is 0 Å². The van der Waals surface area contributed by atoms with E-state index in [1.54, 1.807) is 11.2 Å². The molecule has 0 amide bonds. The molecule has 1 spiro atoms. The van der Waals surface area contributed by atoms with Gasteiger partial charge in [0.2, 0.25) is 10.0 Å². The molecule has 2 heterocycles. The lowest BCUT2D eigenvalue weighted by Crippen LogP contribution is -2.60. The highest BCUT2D eigenvalue weighted by atomic mass is 32.2. The Kier molecular flexibility index (Phi) is 3.55. The Labute approximate surface area is 102 Å². The Morgan fingerprint density at radius 2 is 2.12 bits per heavy atom. The molecule has 0 bridgehead atoms. The molecular formula is C10H19NO3S2. The maximum Gasteiger partial charge on any atom is 0.213 e. The third-order valence-electron chi connectivity index (χ3n) is 3.26. The summed E-state index contributed by atoms with van der Waals surface area (Å²) >= 11 is 1.88. The Hall–Kier alpha value is 0.220. The minimum atomic E-state index is -2.98. The summed E-state index contributed by atoms with van der Waals surface area (Å²) in [7, 11) is -2.98. The van der Waals surface area contributed by atoms with E-state index in [9.17, 15) is 8.42 Å². The number of nitrogens with zero attached hydrogens (tertiary/aromatic N) is 1. The molecule has 0 aliphatic carbocycles. The molecule has 0 N–H and O–H groups in total. The van der Waals surface area contributed by atoms with Crippen molar-refractivity contribution in [3.05, 3.63) is 0 Å². The molecule has 16 heavy (non-hydrogen) atoms. The first-order valence-corrected chi connectivity index (χ1v) is 8.34. The summed E-state index contributed by atoms with van der Waals surface area (Å²) in [5.74, 6) is 1.22. The SMILES string of the molecule is CCOC1CSC2(C1)CN(S(=O)(=O)CC)C2. The lowest BCUT2D eigenvalue weighted by atomic mass is 9.95. The van der Waals surface area contributed by atoms with E-state index < -0.39 is 10.0 Å². The molecular weight excluding hydrogens is 246 g/mol. The second kappa shape index (κ2) is 4.48. The van der Waals surface area contributed by atoms with Crippen LogP contribution >= 0.6 is 11.8 Å². The van der Waals surface area contributed by atoms with Crippen LogP contribution in [0.1, 0.15) is 20.3 Å². The second-order valence-corrected chi connectivity index (χ2v) is 8.19. The summed E-state index contributed by atoms with van der Waals surface area (Å²) in [6.45, 7) is 5.81. The number of hydrogen-bond acceptors (Lipinski definition) is 4. The summed E-state index contributed by atoms with van der Waals surface area (Å²) in [4.78, 5) is 0. The van der Waals surface area contributed by atoms with Gasteiger partial charge in [0, 0.05) is 30.2 Å². The highest BCUT2D eigenvalue weighted by Crippen LogP contribution is 2.46. The van der Waals surface area contributed by atoms with E-state index in [4.69, 9.17) is 4.74 Å². The van der Waals surface area contributed by atoms with E-state index in [1.807, 2.05) is 18.7 Å². The fourth-order valence-electron chi connectivity index (χ4n) is 2.34. The van der Waals surface area contributed by atoms with Gasteiger partial charge in [-0.05, 0) is 20.3 Å². The molecule has 1 unspecified atom stereocenters. The van der Waals surface area contributed by atoms with Gasteiger partial charge >= 0.3 is 0 Å². The lowest BCUT2D eigenvalue weighted by Gasteiger charge is -2.46. The van der Waals surface area contributed by atoms with Crippen molar-refractivity contribution in [1.82, 2.24) is 4.31 Å². The summed E-state index contributed by atoms with van der Waals surface area (Å²) < 4.78 is 30.6. The van der Waals surface area contributed by atoms with Crippen LogP contribution in [-0.2, 0) is 14.8 Å². The fourth-order valence-corrected chi connectivity index (χ4v) is 5.31. The number of hydrogen-bond donors (Lipinski definition) is 0. The molecule has 0 radical (unpaired) electrons. The molecule has 0 aromatic carbocycles. The molecule has 0 saturated carbocycles. The molecule has 0 aromatic rings. The molecule has 4 nitrogen and oxygen atoms in total. The Bertz CT molecular complexity index is 349. The van der Waals surface area contributed by atoms with Gasteiger partial charge in [-0.15, -0.1) is 11.8 Å². The Morgan fingerprint density at radius 3 is 2.69 bits per heavy atom. The zero-order valence-electron chi connectivity index (χ0n) is 9.81. The van der Waals surface area contributed by atoms with E-state index in [0.717, 1.165) is 18.8 Å². The average molecular weight is 265 g/mol. The van der Waals surface area contributed by atoms with Crippen LogP contribution in [0.3, 0.4) is 0 Å². The van der Waals surface area contributed by atoms with Gasteiger partial charge in [-0.3, -0.25) is 0 Å². The van der Waals surface area contributed by atoms with Crippen LogP contribution in [0.5, 0.6) is 0 Å². The smallest absolute Gasteiger partial charge is 0.213 e. The first-order chi connectivity index (χ1) is 7.51. The number of rotatable bonds is 4. The van der Waals surface area contributed by atoms with Crippen molar-refractivity contribution in [3.63, 3.8) is 0 Å². The number of ether oxygens (including phenoxy) is 1. The average Bonchev–Trinajstić information content (AvgIpc) is 2.60. The second-order valence-electron chi connectivity index (χ2n) is 4.44. The van der Waals surface area contributed by atoms with Crippen molar-refractivity contribution in [2.24, 2.45) is 0 Å². The molecule has 2 rings (SSSR count). The topological polar surface area (TPSA) is 46.6 Å². The number of thioether (sulfide) groups is 1. The summed E-state index contributed by atoms with van der Waals surface area (Å²) in [5, 5.41) is 0. The van der Waals surface area contributed by atoms with Crippen LogP contribution in [0.25, 0.3) is 0 Å². The largest absolute Gasteiger partial charge is 0.378 e. The Balaban J connectivity index is 1.89. The molecule has 0 aromatic heterocycles. The van der Waals surface area contributed by atoms with Gasteiger partial charge in [0.1, 0.15) is 0 Å². The number of sulfonamides is 1. The predicted molar refractivity (Wildman–Crippen MR) is 66.3 cm³/mol. The zero-order valence-corrected chi connectivity index (χ0v) is 11.4. The Morgan fingerprint density at radius 1 is 1.44 bits per heavy atom. The van der Waals surface area contributed by atoms with Gasteiger partial charge in [0.25, 0.3) is 0 Å². The standard InChI is InChI=1S/C10H19NO3S2/c1-3-14-9-5-10(15-6-9)7-11(8-10)16(12,13)4-2/h9H,3-8H2,1-2H3. The van der Waals surface area contributed by atoms with Crippen molar-refractivity contribution in [2.75, 3.05) is 31.2 Å². The first kappa shape index (κ1) is 12.7. The minimum absolute atomic E-state index is 0.155. The highest BCUT2D eigenvalue weighted by molar-refractivity contribution is 8.01. The van der Waals surface area contributed by atoms with Gasteiger partial charge in [-0.1, -0.05) is 0 Å². The molecule has 94 valence electrons. The lowest BCUT2D eigenvalue weighted by molar-refractivity contribution is 0.0598. The first-order valence-electron chi connectivity index (χ1n) is 5.75. The summed E-state index contributed by atoms with van der Waals surface area (Å²) in [6, 6.07) is 0. The summed E-state index contributed by atoms with van der Waals surface area (Å²) in [5.41, 5.74) is 0. The van der Waals surface area contributed by atoms with Crippen molar-refractivity contribution in [2.45, 2.75) is 31.1 Å². The van der Waals surface area contributed by atoms with E-state index in [2.05, 4.69) is 0 Å².